The van der Waals surface area contributed by atoms with Gasteiger partial charge < -0.3 is 10.1 Å². The van der Waals surface area contributed by atoms with E-state index in [4.69, 9.17) is 4.74 Å². The second-order valence-corrected chi connectivity index (χ2v) is 7.50. The van der Waals surface area contributed by atoms with Gasteiger partial charge in [-0.3, -0.25) is 15.3 Å². The van der Waals surface area contributed by atoms with E-state index in [9.17, 15) is 4.79 Å². The molecule has 0 saturated heterocycles. The van der Waals surface area contributed by atoms with E-state index >= 15 is 0 Å². The summed E-state index contributed by atoms with van der Waals surface area (Å²) >= 11 is 0. The number of fused-ring (bicyclic) bond motifs is 1. The first-order valence-electron chi connectivity index (χ1n) is 9.03. The molecule has 2 N–H and O–H groups in total. The third kappa shape index (κ3) is 4.79. The summed E-state index contributed by atoms with van der Waals surface area (Å²) in [7, 11) is 0. The lowest BCUT2D eigenvalue weighted by Crippen LogP contribution is -2.29. The molecule has 0 radical (unpaired) electrons. The Hall–Kier alpha value is -2.47. The molecule has 0 aliphatic heterocycles. The van der Waals surface area contributed by atoms with Crippen LogP contribution in [-0.4, -0.2) is 21.7 Å². The number of nitrogens with zero attached hydrogens (tertiary/aromatic N) is 2. The van der Waals surface area contributed by atoms with E-state index in [0.717, 1.165) is 30.7 Å². The number of hydrogen-bond acceptors (Lipinski definition) is 5. The number of nitrogens with one attached hydrogen (secondary N) is 2. The van der Waals surface area contributed by atoms with Crippen LogP contribution in [0.25, 0.3) is 0 Å². The SMILES string of the molecule is CC(C)(C)OC(=O)Nc1cccnc1CNC1CCCc2cccnc21. The number of rotatable bonds is 4. The van der Waals surface area contributed by atoms with Crippen LogP contribution in [0.1, 0.15) is 56.6 Å². The van der Waals surface area contributed by atoms with Gasteiger partial charge in [0.1, 0.15) is 5.60 Å². The van der Waals surface area contributed by atoms with Crippen LogP contribution in [0.3, 0.4) is 0 Å². The monoisotopic (exact) mass is 354 g/mol. The molecule has 26 heavy (non-hydrogen) atoms. The molecule has 1 atom stereocenters. The quantitative estimate of drug-likeness (QED) is 0.868. The van der Waals surface area contributed by atoms with E-state index in [1.165, 1.54) is 5.56 Å². The zero-order chi connectivity index (χ0) is 18.6. The van der Waals surface area contributed by atoms with Gasteiger partial charge in [-0.25, -0.2) is 4.79 Å². The van der Waals surface area contributed by atoms with Crippen LogP contribution in [0, 0.1) is 0 Å². The Balaban J connectivity index is 1.67. The van der Waals surface area contributed by atoms with Crippen LogP contribution >= 0.6 is 0 Å². The van der Waals surface area contributed by atoms with Crippen LogP contribution in [0.4, 0.5) is 10.5 Å². The van der Waals surface area contributed by atoms with Gasteiger partial charge >= 0.3 is 6.09 Å². The minimum atomic E-state index is -0.540. The van der Waals surface area contributed by atoms with Crippen molar-refractivity contribution in [3.05, 3.63) is 53.6 Å². The summed E-state index contributed by atoms with van der Waals surface area (Å²) in [5.74, 6) is 0. The number of hydrogen-bond donors (Lipinski definition) is 2. The van der Waals surface area contributed by atoms with Gasteiger partial charge in [0.2, 0.25) is 0 Å². The lowest BCUT2D eigenvalue weighted by molar-refractivity contribution is 0.0635. The molecule has 6 heteroatoms. The lowest BCUT2D eigenvalue weighted by atomic mass is 9.92. The van der Waals surface area contributed by atoms with Gasteiger partial charge in [0, 0.05) is 18.9 Å². The highest BCUT2D eigenvalue weighted by Gasteiger charge is 2.22. The molecule has 2 aromatic heterocycles. The number of carbonyl (C=O) groups is 1. The van der Waals surface area contributed by atoms with Crippen LogP contribution in [0.15, 0.2) is 36.7 Å². The molecule has 2 aromatic rings. The zero-order valence-electron chi connectivity index (χ0n) is 15.6. The topological polar surface area (TPSA) is 76.1 Å². The highest BCUT2D eigenvalue weighted by Crippen LogP contribution is 2.28. The minimum absolute atomic E-state index is 0.205. The fourth-order valence-electron chi connectivity index (χ4n) is 3.13. The summed E-state index contributed by atoms with van der Waals surface area (Å²) in [5, 5.41) is 6.33. The fourth-order valence-corrected chi connectivity index (χ4v) is 3.13. The normalized spacial score (nSPS) is 16.7. The van der Waals surface area contributed by atoms with Crippen molar-refractivity contribution in [1.29, 1.82) is 0 Å². The van der Waals surface area contributed by atoms with Crippen molar-refractivity contribution in [2.45, 2.75) is 58.2 Å². The second kappa shape index (κ2) is 7.83. The Labute approximate surface area is 154 Å². The Morgan fingerprint density at radius 1 is 1.23 bits per heavy atom. The maximum Gasteiger partial charge on any atom is 0.412 e. The van der Waals surface area contributed by atoms with Crippen molar-refractivity contribution >= 4 is 11.8 Å². The third-order valence-corrected chi connectivity index (χ3v) is 4.24. The molecule has 138 valence electrons. The van der Waals surface area contributed by atoms with Crippen molar-refractivity contribution in [3.8, 4) is 0 Å². The van der Waals surface area contributed by atoms with Gasteiger partial charge in [-0.15, -0.1) is 0 Å². The molecule has 6 nitrogen and oxygen atoms in total. The first kappa shape index (κ1) is 18.3. The highest BCUT2D eigenvalue weighted by atomic mass is 16.6. The Kier molecular flexibility index (Phi) is 5.52. The summed E-state index contributed by atoms with van der Waals surface area (Å²) in [5.41, 5.74) is 3.33. The molecule has 0 aromatic carbocycles. The van der Waals surface area contributed by atoms with E-state index in [1.807, 2.05) is 39.1 Å². The van der Waals surface area contributed by atoms with Crippen molar-refractivity contribution in [1.82, 2.24) is 15.3 Å². The van der Waals surface area contributed by atoms with E-state index in [1.54, 1.807) is 12.3 Å². The van der Waals surface area contributed by atoms with E-state index in [2.05, 4.69) is 26.7 Å². The van der Waals surface area contributed by atoms with Gasteiger partial charge in [-0.05, 0) is 63.8 Å². The van der Waals surface area contributed by atoms with Crippen LogP contribution in [0.5, 0.6) is 0 Å². The predicted octanol–water partition coefficient (Wildman–Crippen LogP) is 3.99. The second-order valence-electron chi connectivity index (χ2n) is 7.50. The number of anilines is 1. The first-order chi connectivity index (χ1) is 12.4. The fraction of sp³-hybridized carbons (Fsp3) is 0.450. The predicted molar refractivity (Wildman–Crippen MR) is 101 cm³/mol. The molecule has 0 fully saturated rings. The molecule has 1 unspecified atom stereocenters. The molecule has 0 saturated carbocycles. The molecular formula is C20H26N4O2. The summed E-state index contributed by atoms with van der Waals surface area (Å²) < 4.78 is 5.33. The van der Waals surface area contributed by atoms with E-state index < -0.39 is 11.7 Å². The third-order valence-electron chi connectivity index (χ3n) is 4.24. The summed E-state index contributed by atoms with van der Waals surface area (Å²) in [6.45, 7) is 6.07. The summed E-state index contributed by atoms with van der Waals surface area (Å²) in [6, 6.07) is 7.97. The van der Waals surface area contributed by atoms with Gasteiger partial charge in [0.15, 0.2) is 0 Å². The number of ether oxygens (including phenoxy) is 1. The van der Waals surface area contributed by atoms with Crippen molar-refractivity contribution in [3.63, 3.8) is 0 Å². The standard InChI is InChI=1S/C20H26N4O2/c1-20(2,3)26-19(25)24-15-10-6-11-21-17(15)13-23-16-9-4-7-14-8-5-12-22-18(14)16/h5-6,8,10-12,16,23H,4,7,9,13H2,1-3H3,(H,24,25). The first-order valence-corrected chi connectivity index (χ1v) is 9.03. The Morgan fingerprint density at radius 2 is 2.00 bits per heavy atom. The summed E-state index contributed by atoms with van der Waals surface area (Å²) in [4.78, 5) is 21.0. The number of aryl methyl sites for hydroxylation is 1. The average molecular weight is 354 g/mol. The smallest absolute Gasteiger partial charge is 0.412 e. The highest BCUT2D eigenvalue weighted by molar-refractivity contribution is 5.85. The van der Waals surface area contributed by atoms with Gasteiger partial charge in [-0.1, -0.05) is 6.07 Å². The average Bonchev–Trinajstić information content (AvgIpc) is 2.59. The van der Waals surface area contributed by atoms with Crippen molar-refractivity contribution in [2.24, 2.45) is 0 Å². The molecule has 1 aliphatic carbocycles. The largest absolute Gasteiger partial charge is 0.444 e. The van der Waals surface area contributed by atoms with E-state index in [0.29, 0.717) is 12.2 Å². The molecule has 3 rings (SSSR count). The van der Waals surface area contributed by atoms with Crippen LogP contribution in [0.2, 0.25) is 0 Å². The zero-order valence-corrected chi connectivity index (χ0v) is 15.6. The molecule has 2 heterocycles. The minimum Gasteiger partial charge on any atom is -0.444 e. The van der Waals surface area contributed by atoms with Gasteiger partial charge in [0.05, 0.1) is 23.1 Å². The molecule has 1 amide bonds. The molecular weight excluding hydrogens is 328 g/mol. The van der Waals surface area contributed by atoms with Crippen molar-refractivity contribution < 1.29 is 9.53 Å². The van der Waals surface area contributed by atoms with Crippen LogP contribution in [-0.2, 0) is 17.7 Å². The Bertz CT molecular complexity index is 770. The van der Waals surface area contributed by atoms with Crippen molar-refractivity contribution in [2.75, 3.05) is 5.32 Å². The number of aromatic nitrogens is 2. The lowest BCUT2D eigenvalue weighted by Gasteiger charge is -2.25. The van der Waals surface area contributed by atoms with Gasteiger partial charge in [0.25, 0.3) is 0 Å². The Morgan fingerprint density at radius 3 is 2.81 bits per heavy atom. The summed E-state index contributed by atoms with van der Waals surface area (Å²) in [6.07, 6.45) is 6.36. The molecule has 0 spiro atoms. The number of amides is 1. The number of pyridine rings is 2. The maximum atomic E-state index is 12.1. The van der Waals surface area contributed by atoms with Gasteiger partial charge in [-0.2, -0.15) is 0 Å². The molecule has 0 bridgehead atoms. The molecule has 1 aliphatic rings. The van der Waals surface area contributed by atoms with Crippen LogP contribution < -0.4 is 10.6 Å². The maximum absolute atomic E-state index is 12.1. The number of carbonyl (C=O) groups excluding carboxylic acids is 1. The van der Waals surface area contributed by atoms with E-state index in [-0.39, 0.29) is 6.04 Å².